The van der Waals surface area contributed by atoms with Gasteiger partial charge in [0.05, 0.1) is 6.10 Å². The summed E-state index contributed by atoms with van der Waals surface area (Å²) in [6.45, 7) is 4.98. The first-order chi connectivity index (χ1) is 21.6. The Morgan fingerprint density at radius 3 is 1.69 bits per heavy atom. The van der Waals surface area contributed by atoms with Crippen LogP contribution in [0.15, 0.2) is 131 Å². The zero-order valence-electron chi connectivity index (χ0n) is 26.5. The smallest absolute Gasteiger partial charge is 0.123 e. The first-order valence-electron chi connectivity index (χ1n) is 16.6. The SMILES string of the molecule is CC(C)(C1CCC(C2=CC=C(O)C=C=C2)(C2=CCC(O)C=C2)CC1)C1CCC(C2=CC=C(O)C=C=C2)(c2ccc(O)cc2)CC1. The van der Waals surface area contributed by atoms with E-state index in [-0.39, 0.29) is 33.5 Å². The fourth-order valence-electron chi connectivity index (χ4n) is 8.85. The summed E-state index contributed by atoms with van der Waals surface area (Å²) >= 11 is 0. The molecule has 5 aliphatic rings. The summed E-state index contributed by atoms with van der Waals surface area (Å²) in [6, 6.07) is 7.69. The molecule has 2 saturated carbocycles. The Balaban J connectivity index is 1.23. The van der Waals surface area contributed by atoms with Gasteiger partial charge in [0, 0.05) is 23.0 Å². The zero-order chi connectivity index (χ0) is 31.7. The molecule has 5 aliphatic carbocycles. The van der Waals surface area contributed by atoms with E-state index in [1.165, 1.54) is 16.7 Å². The van der Waals surface area contributed by atoms with E-state index in [9.17, 15) is 20.4 Å². The van der Waals surface area contributed by atoms with Crippen molar-refractivity contribution in [2.45, 2.75) is 83.2 Å². The number of phenols is 1. The lowest BCUT2D eigenvalue weighted by Crippen LogP contribution is -2.43. The molecule has 0 heterocycles. The van der Waals surface area contributed by atoms with Crippen molar-refractivity contribution in [1.82, 2.24) is 0 Å². The van der Waals surface area contributed by atoms with Crippen molar-refractivity contribution < 1.29 is 20.4 Å². The summed E-state index contributed by atoms with van der Waals surface area (Å²) in [7, 11) is 0. The summed E-state index contributed by atoms with van der Waals surface area (Å²) in [5, 5.41) is 40.5. The van der Waals surface area contributed by atoms with Crippen LogP contribution in [-0.4, -0.2) is 26.5 Å². The second-order valence-corrected chi connectivity index (χ2v) is 14.2. The minimum Gasteiger partial charge on any atom is -0.508 e. The average molecular weight is 603 g/mol. The Labute approximate surface area is 267 Å². The monoisotopic (exact) mass is 602 g/mol. The highest BCUT2D eigenvalue weighted by atomic mass is 16.3. The van der Waals surface area contributed by atoms with Crippen molar-refractivity contribution in [3.63, 3.8) is 0 Å². The predicted octanol–water partition coefficient (Wildman–Crippen LogP) is 9.46. The number of allylic oxidation sites excluding steroid dienone is 10. The number of hydrogen-bond donors (Lipinski definition) is 4. The maximum absolute atomic E-state index is 10.2. The predicted molar refractivity (Wildman–Crippen MR) is 181 cm³/mol. The van der Waals surface area contributed by atoms with Crippen molar-refractivity contribution >= 4 is 0 Å². The number of aliphatic hydroxyl groups excluding tert-OH is 3. The van der Waals surface area contributed by atoms with E-state index in [0.717, 1.165) is 56.9 Å². The van der Waals surface area contributed by atoms with Crippen LogP contribution in [0.1, 0.15) is 77.2 Å². The summed E-state index contributed by atoms with van der Waals surface area (Å²) in [4.78, 5) is 0. The van der Waals surface area contributed by atoms with Gasteiger partial charge in [0.1, 0.15) is 17.3 Å². The van der Waals surface area contributed by atoms with Gasteiger partial charge in [-0.3, -0.25) is 0 Å². The van der Waals surface area contributed by atoms with Crippen LogP contribution in [0.3, 0.4) is 0 Å². The second kappa shape index (κ2) is 12.5. The molecule has 1 atom stereocenters. The molecular weight excluding hydrogens is 556 g/mol. The maximum atomic E-state index is 10.2. The molecule has 0 aromatic heterocycles. The van der Waals surface area contributed by atoms with Gasteiger partial charge in [-0.15, -0.1) is 11.5 Å². The fourth-order valence-corrected chi connectivity index (χ4v) is 8.85. The van der Waals surface area contributed by atoms with Crippen LogP contribution in [0.5, 0.6) is 5.75 Å². The number of aliphatic hydroxyl groups is 3. The normalized spacial score (nSPS) is 31.7. The number of hydrogen-bond acceptors (Lipinski definition) is 4. The number of phenolic OH excluding ortho intramolecular Hbond substituents is 1. The van der Waals surface area contributed by atoms with Crippen LogP contribution in [0, 0.1) is 22.7 Å². The molecule has 0 amide bonds. The molecule has 0 bridgehead atoms. The maximum Gasteiger partial charge on any atom is 0.123 e. The Hall–Kier alpha value is -3.94. The van der Waals surface area contributed by atoms with Crippen LogP contribution in [0.25, 0.3) is 0 Å². The topological polar surface area (TPSA) is 80.9 Å². The lowest BCUT2D eigenvalue weighted by atomic mass is 9.52. The van der Waals surface area contributed by atoms with E-state index in [0.29, 0.717) is 18.3 Å². The van der Waals surface area contributed by atoms with Gasteiger partial charge in [0.15, 0.2) is 0 Å². The third-order valence-corrected chi connectivity index (χ3v) is 11.7. The highest BCUT2D eigenvalue weighted by Gasteiger charge is 2.48. The van der Waals surface area contributed by atoms with Gasteiger partial charge in [-0.05, 0) is 134 Å². The molecule has 1 aromatic rings. The van der Waals surface area contributed by atoms with Gasteiger partial charge in [0.25, 0.3) is 0 Å². The van der Waals surface area contributed by atoms with Crippen LogP contribution >= 0.6 is 0 Å². The van der Waals surface area contributed by atoms with Gasteiger partial charge in [-0.2, -0.15) is 0 Å². The Bertz CT molecular complexity index is 1610. The molecule has 0 spiro atoms. The number of aromatic hydroxyl groups is 1. The van der Waals surface area contributed by atoms with Gasteiger partial charge in [-0.1, -0.05) is 56.4 Å². The second-order valence-electron chi connectivity index (χ2n) is 14.2. The molecule has 4 N–H and O–H groups in total. The van der Waals surface area contributed by atoms with Crippen LogP contribution in [0.2, 0.25) is 0 Å². The van der Waals surface area contributed by atoms with E-state index in [1.807, 2.05) is 24.3 Å². The van der Waals surface area contributed by atoms with E-state index in [2.05, 4.69) is 55.7 Å². The van der Waals surface area contributed by atoms with E-state index >= 15 is 0 Å². The van der Waals surface area contributed by atoms with E-state index in [1.54, 1.807) is 36.4 Å². The van der Waals surface area contributed by atoms with Crippen LogP contribution < -0.4 is 0 Å². The van der Waals surface area contributed by atoms with Crippen molar-refractivity contribution in [2.24, 2.45) is 22.7 Å². The molecule has 0 aliphatic heterocycles. The highest BCUT2D eigenvalue weighted by Crippen LogP contribution is 2.58. The van der Waals surface area contributed by atoms with E-state index < -0.39 is 6.10 Å². The highest BCUT2D eigenvalue weighted by molar-refractivity contribution is 5.48. The van der Waals surface area contributed by atoms with Crippen molar-refractivity contribution in [3.05, 3.63) is 136 Å². The summed E-state index contributed by atoms with van der Waals surface area (Å²) < 4.78 is 0. The quantitative estimate of drug-likeness (QED) is 0.245. The molecule has 234 valence electrons. The molecule has 1 unspecified atom stereocenters. The van der Waals surface area contributed by atoms with Crippen molar-refractivity contribution in [3.8, 4) is 5.75 Å². The summed E-state index contributed by atoms with van der Waals surface area (Å²) in [6.07, 6.45) is 29.9. The van der Waals surface area contributed by atoms with Gasteiger partial charge in [0.2, 0.25) is 0 Å². The standard InChI is InChI=1S/C41H46O4/c1-39(2,29-21-25-40(26-22-29,33-11-17-37(44)18-12-33)31-5-3-7-35(42)15-9-31)30-23-27-41(28-24-30,34-13-19-38(45)20-14-34)32-6-4-8-36(43)16-10-32/h5-19,29-30,38,42-45H,20-28H2,1-2H3. The summed E-state index contributed by atoms with van der Waals surface area (Å²) in [5.41, 5.74) is 11.0. The number of benzene rings is 1. The third-order valence-electron chi connectivity index (χ3n) is 11.7. The molecule has 2 fully saturated rings. The van der Waals surface area contributed by atoms with Gasteiger partial charge >= 0.3 is 0 Å². The molecule has 0 saturated heterocycles. The van der Waals surface area contributed by atoms with Gasteiger partial charge < -0.3 is 20.4 Å². The molecular formula is C41H46O4. The van der Waals surface area contributed by atoms with E-state index in [4.69, 9.17) is 0 Å². The molecule has 4 nitrogen and oxygen atoms in total. The average Bonchev–Trinajstić information content (AvgIpc) is 3.41. The molecule has 0 radical (unpaired) electrons. The zero-order valence-corrected chi connectivity index (χ0v) is 26.5. The Morgan fingerprint density at radius 1 is 0.667 bits per heavy atom. The largest absolute Gasteiger partial charge is 0.508 e. The van der Waals surface area contributed by atoms with Crippen molar-refractivity contribution in [2.75, 3.05) is 0 Å². The Kier molecular flexibility index (Phi) is 8.59. The summed E-state index contributed by atoms with van der Waals surface area (Å²) in [5.74, 6) is 1.87. The van der Waals surface area contributed by atoms with Crippen LogP contribution in [-0.2, 0) is 5.41 Å². The first-order valence-corrected chi connectivity index (χ1v) is 16.6. The first kappa shape index (κ1) is 31.1. The van der Waals surface area contributed by atoms with Crippen molar-refractivity contribution in [1.29, 1.82) is 0 Å². The molecule has 1 aromatic carbocycles. The van der Waals surface area contributed by atoms with Crippen LogP contribution in [0.4, 0.5) is 0 Å². The third kappa shape index (κ3) is 6.03. The lowest BCUT2D eigenvalue weighted by molar-refractivity contribution is 0.0313. The Morgan fingerprint density at radius 2 is 1.18 bits per heavy atom. The lowest BCUT2D eigenvalue weighted by Gasteiger charge is -2.52. The minimum atomic E-state index is -0.425. The minimum absolute atomic E-state index is 0.156. The fraction of sp³-hybridized carbons (Fsp3) is 0.415. The molecule has 4 heteroatoms. The number of rotatable bonds is 6. The molecule has 45 heavy (non-hydrogen) atoms. The van der Waals surface area contributed by atoms with Gasteiger partial charge in [-0.25, -0.2) is 0 Å². The molecule has 6 rings (SSSR count).